The Hall–Kier alpha value is -0.0800. The molecule has 1 aliphatic rings. The molecule has 0 aromatic carbocycles. The highest BCUT2D eigenvalue weighted by atomic mass is 15.2. The van der Waals surface area contributed by atoms with E-state index in [0.29, 0.717) is 12.0 Å². The van der Waals surface area contributed by atoms with Gasteiger partial charge in [-0.25, -0.2) is 0 Å². The molecule has 0 amide bonds. The maximum Gasteiger partial charge on any atom is 0.0212 e. The van der Waals surface area contributed by atoms with E-state index < -0.39 is 0 Å². The van der Waals surface area contributed by atoms with Gasteiger partial charge >= 0.3 is 0 Å². The summed E-state index contributed by atoms with van der Waals surface area (Å²) in [7, 11) is 2.20. The van der Waals surface area contributed by atoms with Crippen molar-refractivity contribution in [2.75, 3.05) is 20.1 Å². The van der Waals surface area contributed by atoms with Gasteiger partial charge in [0.15, 0.2) is 0 Å². The van der Waals surface area contributed by atoms with Crippen molar-refractivity contribution in [1.82, 2.24) is 10.2 Å². The molecule has 1 fully saturated rings. The van der Waals surface area contributed by atoms with Crippen LogP contribution in [0.4, 0.5) is 0 Å². The van der Waals surface area contributed by atoms with Gasteiger partial charge in [-0.15, -0.1) is 0 Å². The monoisotopic (exact) mass is 184 g/mol. The maximum atomic E-state index is 3.74. The molecule has 0 radical (unpaired) electrons. The topological polar surface area (TPSA) is 15.3 Å². The number of likely N-dealkylation sites (tertiary alicyclic amines) is 1. The van der Waals surface area contributed by atoms with Crippen LogP contribution >= 0.6 is 0 Å². The highest BCUT2D eigenvalue weighted by molar-refractivity contribution is 4.89. The van der Waals surface area contributed by atoms with Crippen molar-refractivity contribution in [2.24, 2.45) is 5.92 Å². The molecule has 0 saturated carbocycles. The van der Waals surface area contributed by atoms with E-state index in [1.807, 2.05) is 0 Å². The molecule has 78 valence electrons. The van der Waals surface area contributed by atoms with E-state index in [9.17, 15) is 0 Å². The Kier molecular flexibility index (Phi) is 3.36. The molecule has 1 heterocycles. The first kappa shape index (κ1) is 11.0. The molecule has 0 unspecified atom stereocenters. The third-order valence-corrected chi connectivity index (χ3v) is 3.41. The molecule has 2 heteroatoms. The molecule has 0 aromatic rings. The Morgan fingerprint density at radius 2 is 2.00 bits per heavy atom. The zero-order valence-electron chi connectivity index (χ0n) is 9.72. The van der Waals surface area contributed by atoms with E-state index in [1.165, 1.54) is 19.5 Å². The van der Waals surface area contributed by atoms with Crippen LogP contribution < -0.4 is 5.32 Å². The molecule has 0 aromatic heterocycles. The molecular formula is C11H24N2. The van der Waals surface area contributed by atoms with Crippen molar-refractivity contribution in [3.8, 4) is 0 Å². The second-order valence-corrected chi connectivity index (χ2v) is 5.27. The lowest BCUT2D eigenvalue weighted by Gasteiger charge is -2.34. The lowest BCUT2D eigenvalue weighted by atomic mass is 9.90. The summed E-state index contributed by atoms with van der Waals surface area (Å²) in [5.74, 6) is 0.693. The van der Waals surface area contributed by atoms with E-state index in [-0.39, 0.29) is 5.54 Å². The zero-order chi connectivity index (χ0) is 10.1. The molecule has 1 rings (SSSR count). The number of hydrogen-bond acceptors (Lipinski definition) is 2. The summed E-state index contributed by atoms with van der Waals surface area (Å²) < 4.78 is 0. The molecule has 1 atom stereocenters. The number of nitrogens with one attached hydrogen (secondary N) is 1. The molecule has 0 spiro atoms. The molecular weight excluding hydrogens is 160 g/mol. The lowest BCUT2D eigenvalue weighted by Crippen LogP contribution is -2.50. The van der Waals surface area contributed by atoms with Gasteiger partial charge in [0.05, 0.1) is 0 Å². The van der Waals surface area contributed by atoms with E-state index in [1.54, 1.807) is 0 Å². The Labute approximate surface area is 82.7 Å². The second-order valence-electron chi connectivity index (χ2n) is 5.27. The van der Waals surface area contributed by atoms with Gasteiger partial charge in [-0.05, 0) is 39.8 Å². The van der Waals surface area contributed by atoms with E-state index in [2.05, 4.69) is 45.0 Å². The summed E-state index contributed by atoms with van der Waals surface area (Å²) in [6.45, 7) is 11.6. The Morgan fingerprint density at radius 3 is 2.38 bits per heavy atom. The average molecular weight is 184 g/mol. The number of hydrogen-bond donors (Lipinski definition) is 1. The van der Waals surface area contributed by atoms with Gasteiger partial charge in [-0.3, -0.25) is 0 Å². The first-order valence-corrected chi connectivity index (χ1v) is 5.38. The molecule has 0 bridgehead atoms. The van der Waals surface area contributed by atoms with E-state index in [4.69, 9.17) is 0 Å². The summed E-state index contributed by atoms with van der Waals surface area (Å²) in [6.07, 6.45) is 1.30. The van der Waals surface area contributed by atoms with Gasteiger partial charge in [0.1, 0.15) is 0 Å². The normalized spacial score (nSPS) is 25.8. The number of likely N-dealkylation sites (N-methyl/N-ethyl adjacent to an activating group) is 1. The zero-order valence-corrected chi connectivity index (χ0v) is 9.72. The number of nitrogens with zero attached hydrogens (tertiary/aromatic N) is 1. The van der Waals surface area contributed by atoms with Gasteiger partial charge in [0.2, 0.25) is 0 Å². The van der Waals surface area contributed by atoms with Crippen molar-refractivity contribution in [3.63, 3.8) is 0 Å². The third-order valence-electron chi connectivity index (χ3n) is 3.41. The molecule has 0 aliphatic carbocycles. The first-order valence-electron chi connectivity index (χ1n) is 5.38. The SMILES string of the molecule is CC(C)C(C)(C)N[C@@H]1CCN(C)C1. The second kappa shape index (κ2) is 3.97. The van der Waals surface area contributed by atoms with Crippen LogP contribution in [0.5, 0.6) is 0 Å². The van der Waals surface area contributed by atoms with Crippen molar-refractivity contribution in [2.45, 2.75) is 45.7 Å². The summed E-state index contributed by atoms with van der Waals surface area (Å²) in [5, 5.41) is 3.74. The average Bonchev–Trinajstić information content (AvgIpc) is 2.34. The molecule has 1 aliphatic heterocycles. The minimum absolute atomic E-state index is 0.274. The van der Waals surface area contributed by atoms with Gasteiger partial charge in [0, 0.05) is 18.1 Å². The highest BCUT2D eigenvalue weighted by Gasteiger charge is 2.28. The lowest BCUT2D eigenvalue weighted by molar-refractivity contribution is 0.253. The molecule has 1 saturated heterocycles. The van der Waals surface area contributed by atoms with Crippen LogP contribution in [0, 0.1) is 5.92 Å². The highest BCUT2D eigenvalue weighted by Crippen LogP contribution is 2.18. The van der Waals surface area contributed by atoms with E-state index in [0.717, 1.165) is 0 Å². The quantitative estimate of drug-likeness (QED) is 0.718. The van der Waals surface area contributed by atoms with Crippen molar-refractivity contribution in [3.05, 3.63) is 0 Å². The summed E-state index contributed by atoms with van der Waals surface area (Å²) in [5.41, 5.74) is 0.274. The van der Waals surface area contributed by atoms with Crippen molar-refractivity contribution in [1.29, 1.82) is 0 Å². The predicted molar refractivity (Wildman–Crippen MR) is 58.0 cm³/mol. The van der Waals surface area contributed by atoms with Gasteiger partial charge < -0.3 is 10.2 Å². The first-order chi connectivity index (χ1) is 5.92. The molecule has 1 N–H and O–H groups in total. The molecule has 13 heavy (non-hydrogen) atoms. The fraction of sp³-hybridized carbons (Fsp3) is 1.00. The van der Waals surface area contributed by atoms with Crippen LogP contribution in [-0.4, -0.2) is 36.6 Å². The van der Waals surface area contributed by atoms with Crippen molar-refractivity contribution >= 4 is 0 Å². The minimum atomic E-state index is 0.274. The predicted octanol–water partition coefficient (Wildman–Crippen LogP) is 1.71. The molecule has 2 nitrogen and oxygen atoms in total. The van der Waals surface area contributed by atoms with Gasteiger partial charge in [-0.1, -0.05) is 13.8 Å². The van der Waals surface area contributed by atoms with Crippen LogP contribution in [0.2, 0.25) is 0 Å². The summed E-state index contributed by atoms with van der Waals surface area (Å²) in [4.78, 5) is 2.40. The van der Waals surface area contributed by atoms with Crippen LogP contribution in [-0.2, 0) is 0 Å². The fourth-order valence-electron chi connectivity index (χ4n) is 1.75. The smallest absolute Gasteiger partial charge is 0.0212 e. The Balaban J connectivity index is 2.40. The standard InChI is InChI=1S/C11H24N2/c1-9(2)11(3,4)12-10-6-7-13(5)8-10/h9-10,12H,6-8H2,1-5H3/t10-/m1/s1. The summed E-state index contributed by atoms with van der Waals surface area (Å²) >= 11 is 0. The van der Waals surface area contributed by atoms with Crippen molar-refractivity contribution < 1.29 is 0 Å². The van der Waals surface area contributed by atoms with Gasteiger partial charge in [-0.2, -0.15) is 0 Å². The largest absolute Gasteiger partial charge is 0.307 e. The Morgan fingerprint density at radius 1 is 1.38 bits per heavy atom. The van der Waals surface area contributed by atoms with E-state index >= 15 is 0 Å². The van der Waals surface area contributed by atoms with Crippen LogP contribution in [0.3, 0.4) is 0 Å². The van der Waals surface area contributed by atoms with Gasteiger partial charge in [0.25, 0.3) is 0 Å². The summed E-state index contributed by atoms with van der Waals surface area (Å²) in [6, 6.07) is 0.697. The number of rotatable bonds is 3. The third kappa shape index (κ3) is 2.96. The maximum absolute atomic E-state index is 3.74. The van der Waals surface area contributed by atoms with Crippen LogP contribution in [0.25, 0.3) is 0 Å². The fourth-order valence-corrected chi connectivity index (χ4v) is 1.75. The van der Waals surface area contributed by atoms with Crippen LogP contribution in [0.1, 0.15) is 34.1 Å². The van der Waals surface area contributed by atoms with Crippen LogP contribution in [0.15, 0.2) is 0 Å². The Bertz CT molecular complexity index is 163. The minimum Gasteiger partial charge on any atom is -0.307 e.